The molecule has 0 spiro atoms. The highest BCUT2D eigenvalue weighted by atomic mass is 32.2. The van der Waals surface area contributed by atoms with E-state index >= 15 is 0 Å². The zero-order valence-corrected chi connectivity index (χ0v) is 14.9. The Morgan fingerprint density at radius 1 is 1.22 bits per heavy atom. The Hall–Kier alpha value is -1.85. The SMILES string of the molecule is Cc1nc2ccc(NC(=O)c3ccccc3SC(C)C)cc2s1. The predicted molar refractivity (Wildman–Crippen MR) is 99.7 cm³/mol. The molecule has 3 aromatic rings. The van der Waals surface area contributed by atoms with Crippen molar-refractivity contribution in [2.24, 2.45) is 0 Å². The molecule has 0 aliphatic heterocycles. The Morgan fingerprint density at radius 3 is 2.78 bits per heavy atom. The summed E-state index contributed by atoms with van der Waals surface area (Å²) in [6, 6.07) is 13.6. The third-order valence-corrected chi connectivity index (χ3v) is 5.26. The minimum atomic E-state index is -0.0747. The minimum Gasteiger partial charge on any atom is -0.322 e. The van der Waals surface area contributed by atoms with Crippen LogP contribution in [0, 0.1) is 6.92 Å². The number of nitrogens with one attached hydrogen (secondary N) is 1. The molecule has 5 heteroatoms. The average Bonchev–Trinajstić information content (AvgIpc) is 2.86. The van der Waals surface area contributed by atoms with Gasteiger partial charge in [0.05, 0.1) is 20.8 Å². The summed E-state index contributed by atoms with van der Waals surface area (Å²) in [6.45, 7) is 6.24. The van der Waals surface area contributed by atoms with Gasteiger partial charge in [-0.25, -0.2) is 4.98 Å². The fourth-order valence-corrected chi connectivity index (χ4v) is 4.15. The van der Waals surface area contributed by atoms with Gasteiger partial charge in [0, 0.05) is 15.8 Å². The molecule has 0 atom stereocenters. The summed E-state index contributed by atoms with van der Waals surface area (Å²) in [5, 5.41) is 4.46. The first-order chi connectivity index (χ1) is 11.0. The van der Waals surface area contributed by atoms with E-state index in [1.54, 1.807) is 23.1 Å². The van der Waals surface area contributed by atoms with Gasteiger partial charge in [-0.05, 0) is 37.3 Å². The molecule has 1 amide bonds. The predicted octanol–water partition coefficient (Wildman–Crippen LogP) is 5.36. The number of aryl methyl sites for hydroxylation is 1. The molecule has 0 radical (unpaired) electrons. The number of anilines is 1. The van der Waals surface area contributed by atoms with Crippen LogP contribution in [0.4, 0.5) is 5.69 Å². The minimum absolute atomic E-state index is 0.0747. The zero-order valence-electron chi connectivity index (χ0n) is 13.3. The highest BCUT2D eigenvalue weighted by molar-refractivity contribution is 8.00. The number of thiazole rings is 1. The lowest BCUT2D eigenvalue weighted by Gasteiger charge is -2.11. The van der Waals surface area contributed by atoms with E-state index in [0.29, 0.717) is 10.8 Å². The van der Waals surface area contributed by atoms with Gasteiger partial charge >= 0.3 is 0 Å². The molecule has 3 rings (SSSR count). The first-order valence-corrected chi connectivity index (χ1v) is 9.17. The molecule has 23 heavy (non-hydrogen) atoms. The van der Waals surface area contributed by atoms with E-state index in [0.717, 1.165) is 25.8 Å². The Labute approximate surface area is 144 Å². The molecule has 118 valence electrons. The lowest BCUT2D eigenvalue weighted by Crippen LogP contribution is -2.13. The number of nitrogens with zero attached hydrogens (tertiary/aromatic N) is 1. The van der Waals surface area contributed by atoms with Crippen LogP contribution in [0.3, 0.4) is 0 Å². The quantitative estimate of drug-likeness (QED) is 0.649. The summed E-state index contributed by atoms with van der Waals surface area (Å²) in [5.41, 5.74) is 2.49. The van der Waals surface area contributed by atoms with E-state index in [9.17, 15) is 4.79 Å². The molecule has 1 aromatic heterocycles. The van der Waals surface area contributed by atoms with Crippen molar-refractivity contribution in [2.45, 2.75) is 30.9 Å². The van der Waals surface area contributed by atoms with Crippen molar-refractivity contribution in [1.82, 2.24) is 4.98 Å². The van der Waals surface area contributed by atoms with Crippen molar-refractivity contribution in [3.8, 4) is 0 Å². The number of carbonyl (C=O) groups is 1. The molecule has 2 aromatic carbocycles. The summed E-state index contributed by atoms with van der Waals surface area (Å²) in [4.78, 5) is 18.1. The van der Waals surface area contributed by atoms with Crippen LogP contribution < -0.4 is 5.32 Å². The molecular formula is C18H18N2OS2. The van der Waals surface area contributed by atoms with Gasteiger partial charge in [-0.15, -0.1) is 23.1 Å². The number of hydrogen-bond acceptors (Lipinski definition) is 4. The largest absolute Gasteiger partial charge is 0.322 e. The van der Waals surface area contributed by atoms with Crippen LogP contribution in [0.25, 0.3) is 10.2 Å². The van der Waals surface area contributed by atoms with Crippen molar-refractivity contribution in [1.29, 1.82) is 0 Å². The average molecular weight is 342 g/mol. The van der Waals surface area contributed by atoms with Crippen LogP contribution in [0.15, 0.2) is 47.4 Å². The van der Waals surface area contributed by atoms with E-state index in [4.69, 9.17) is 0 Å². The summed E-state index contributed by atoms with van der Waals surface area (Å²) in [6.07, 6.45) is 0. The maximum Gasteiger partial charge on any atom is 0.256 e. The van der Waals surface area contributed by atoms with Crippen LogP contribution in [-0.4, -0.2) is 16.1 Å². The third-order valence-electron chi connectivity index (χ3n) is 3.25. The summed E-state index contributed by atoms with van der Waals surface area (Å²) in [7, 11) is 0. The van der Waals surface area contributed by atoms with Crippen LogP contribution in [0.5, 0.6) is 0 Å². The molecule has 1 heterocycles. The van der Waals surface area contributed by atoms with Gasteiger partial charge in [-0.1, -0.05) is 26.0 Å². The number of carbonyl (C=O) groups excluding carboxylic acids is 1. The van der Waals surface area contributed by atoms with Crippen molar-refractivity contribution in [3.63, 3.8) is 0 Å². The normalized spacial score (nSPS) is 11.1. The molecule has 0 saturated carbocycles. The maximum atomic E-state index is 12.6. The van der Waals surface area contributed by atoms with Crippen LogP contribution >= 0.6 is 23.1 Å². The van der Waals surface area contributed by atoms with Gasteiger partial charge in [0.25, 0.3) is 5.91 Å². The van der Waals surface area contributed by atoms with Gasteiger partial charge in [0.2, 0.25) is 0 Å². The number of rotatable bonds is 4. The van der Waals surface area contributed by atoms with E-state index < -0.39 is 0 Å². The van der Waals surface area contributed by atoms with Gasteiger partial charge < -0.3 is 5.32 Å². The highest BCUT2D eigenvalue weighted by Gasteiger charge is 2.13. The molecule has 3 nitrogen and oxygen atoms in total. The number of amides is 1. The Kier molecular flexibility index (Phi) is 4.68. The smallest absolute Gasteiger partial charge is 0.256 e. The number of fused-ring (bicyclic) bond motifs is 1. The zero-order chi connectivity index (χ0) is 16.4. The van der Waals surface area contributed by atoms with E-state index in [1.807, 2.05) is 49.4 Å². The molecular weight excluding hydrogens is 324 g/mol. The highest BCUT2D eigenvalue weighted by Crippen LogP contribution is 2.28. The fourth-order valence-electron chi connectivity index (χ4n) is 2.33. The number of thioether (sulfide) groups is 1. The summed E-state index contributed by atoms with van der Waals surface area (Å²) >= 11 is 3.34. The topological polar surface area (TPSA) is 42.0 Å². The molecule has 1 N–H and O–H groups in total. The first-order valence-electron chi connectivity index (χ1n) is 7.47. The van der Waals surface area contributed by atoms with Crippen LogP contribution in [0.1, 0.15) is 29.2 Å². The van der Waals surface area contributed by atoms with Crippen molar-refractivity contribution >= 4 is 44.9 Å². The second-order valence-electron chi connectivity index (χ2n) is 5.53. The molecule has 0 fully saturated rings. The lowest BCUT2D eigenvalue weighted by atomic mass is 10.2. The summed E-state index contributed by atoms with van der Waals surface area (Å²) in [5.74, 6) is -0.0747. The fraction of sp³-hybridized carbons (Fsp3) is 0.222. The van der Waals surface area contributed by atoms with Crippen molar-refractivity contribution in [3.05, 3.63) is 53.0 Å². The standard InChI is InChI=1S/C18H18N2OS2/c1-11(2)22-16-7-5-4-6-14(16)18(21)20-13-8-9-15-17(10-13)23-12(3)19-15/h4-11H,1-3H3,(H,20,21). The van der Waals surface area contributed by atoms with E-state index in [2.05, 4.69) is 24.1 Å². The van der Waals surface area contributed by atoms with E-state index in [-0.39, 0.29) is 5.91 Å². The number of hydrogen-bond donors (Lipinski definition) is 1. The molecule has 0 unspecified atom stereocenters. The molecule has 0 bridgehead atoms. The van der Waals surface area contributed by atoms with Gasteiger partial charge in [0.1, 0.15) is 0 Å². The van der Waals surface area contributed by atoms with Crippen molar-refractivity contribution in [2.75, 3.05) is 5.32 Å². The number of aromatic nitrogens is 1. The summed E-state index contributed by atoms with van der Waals surface area (Å²) < 4.78 is 1.09. The second kappa shape index (κ2) is 6.72. The maximum absolute atomic E-state index is 12.6. The Bertz CT molecular complexity index is 855. The third kappa shape index (κ3) is 3.74. The lowest BCUT2D eigenvalue weighted by molar-refractivity contribution is 0.102. The molecule has 0 aliphatic rings. The second-order valence-corrected chi connectivity index (χ2v) is 8.39. The van der Waals surface area contributed by atoms with Gasteiger partial charge in [-0.2, -0.15) is 0 Å². The Balaban J connectivity index is 1.85. The first kappa shape index (κ1) is 16.0. The molecule has 0 saturated heterocycles. The monoisotopic (exact) mass is 342 g/mol. The Morgan fingerprint density at radius 2 is 2.00 bits per heavy atom. The van der Waals surface area contributed by atoms with Crippen molar-refractivity contribution < 1.29 is 4.79 Å². The van der Waals surface area contributed by atoms with Crippen LogP contribution in [-0.2, 0) is 0 Å². The van der Waals surface area contributed by atoms with E-state index in [1.165, 1.54) is 0 Å². The number of benzene rings is 2. The van der Waals surface area contributed by atoms with Gasteiger partial charge in [-0.3, -0.25) is 4.79 Å². The van der Waals surface area contributed by atoms with Crippen LogP contribution in [0.2, 0.25) is 0 Å². The molecule has 0 aliphatic carbocycles. The van der Waals surface area contributed by atoms with Gasteiger partial charge in [0.15, 0.2) is 0 Å².